The van der Waals surface area contributed by atoms with E-state index in [1.165, 1.54) is 30.6 Å². The highest BCUT2D eigenvalue weighted by Gasteiger charge is 2.13. The van der Waals surface area contributed by atoms with Crippen LogP contribution >= 0.6 is 11.6 Å². The standard InChI is InChI=1S/C17H10ClFN4O/c18-11-2-1-3-13(8-11)23-16-15(9-22-23)17(21-10-20-16)24-14-6-4-12(19)5-7-14/h1-10H. The Morgan fingerprint density at radius 3 is 2.67 bits per heavy atom. The molecule has 24 heavy (non-hydrogen) atoms. The predicted octanol–water partition coefficient (Wildman–Crippen LogP) is 4.40. The molecule has 0 saturated carbocycles. The van der Waals surface area contributed by atoms with Crippen LogP contribution in [0.4, 0.5) is 4.39 Å². The molecule has 7 heteroatoms. The first-order valence-electron chi connectivity index (χ1n) is 7.09. The lowest BCUT2D eigenvalue weighted by molar-refractivity contribution is 0.466. The van der Waals surface area contributed by atoms with E-state index in [9.17, 15) is 4.39 Å². The lowest BCUT2D eigenvalue weighted by atomic mass is 10.3. The summed E-state index contributed by atoms with van der Waals surface area (Å²) >= 11 is 6.04. The molecule has 0 saturated heterocycles. The van der Waals surface area contributed by atoms with Crippen LogP contribution in [0, 0.1) is 5.82 Å². The molecule has 0 spiro atoms. The second-order valence-corrected chi connectivity index (χ2v) is 5.44. The van der Waals surface area contributed by atoms with Gasteiger partial charge in [0.2, 0.25) is 5.88 Å². The van der Waals surface area contributed by atoms with E-state index in [2.05, 4.69) is 15.1 Å². The summed E-state index contributed by atoms with van der Waals surface area (Å²) in [5, 5.41) is 5.58. The van der Waals surface area contributed by atoms with Crippen molar-refractivity contribution >= 4 is 22.6 Å². The molecule has 2 aromatic carbocycles. The Kier molecular flexibility index (Phi) is 3.59. The van der Waals surface area contributed by atoms with Crippen molar-refractivity contribution in [1.29, 1.82) is 0 Å². The van der Waals surface area contributed by atoms with Gasteiger partial charge in [-0.25, -0.2) is 19.0 Å². The monoisotopic (exact) mass is 340 g/mol. The Morgan fingerprint density at radius 1 is 1.04 bits per heavy atom. The van der Waals surface area contributed by atoms with Crippen LogP contribution in [0.1, 0.15) is 0 Å². The number of fused-ring (bicyclic) bond motifs is 1. The highest BCUT2D eigenvalue weighted by atomic mass is 35.5. The summed E-state index contributed by atoms with van der Waals surface area (Å²) in [6, 6.07) is 13.0. The smallest absolute Gasteiger partial charge is 0.233 e. The van der Waals surface area contributed by atoms with E-state index in [1.54, 1.807) is 23.0 Å². The van der Waals surface area contributed by atoms with Gasteiger partial charge in [-0.3, -0.25) is 0 Å². The van der Waals surface area contributed by atoms with Gasteiger partial charge in [-0.15, -0.1) is 0 Å². The third-order valence-corrected chi connectivity index (χ3v) is 3.65. The van der Waals surface area contributed by atoms with Crippen molar-refractivity contribution in [3.05, 3.63) is 71.9 Å². The first-order chi connectivity index (χ1) is 11.7. The fourth-order valence-corrected chi connectivity index (χ4v) is 2.50. The van der Waals surface area contributed by atoms with E-state index >= 15 is 0 Å². The molecular weight excluding hydrogens is 331 g/mol. The lowest BCUT2D eigenvalue weighted by Crippen LogP contribution is -1.98. The summed E-state index contributed by atoms with van der Waals surface area (Å²) in [6.45, 7) is 0. The van der Waals surface area contributed by atoms with E-state index in [1.807, 2.05) is 12.1 Å². The summed E-state index contributed by atoms with van der Waals surface area (Å²) in [6.07, 6.45) is 3.01. The normalized spacial score (nSPS) is 10.9. The largest absolute Gasteiger partial charge is 0.438 e. The van der Waals surface area contributed by atoms with Crippen LogP contribution in [-0.4, -0.2) is 19.7 Å². The molecule has 0 bridgehead atoms. The summed E-state index contributed by atoms with van der Waals surface area (Å²) < 4.78 is 20.4. The molecule has 0 aliphatic heterocycles. The van der Waals surface area contributed by atoms with Crippen LogP contribution in [0.5, 0.6) is 11.6 Å². The first kappa shape index (κ1) is 14.6. The summed E-state index contributed by atoms with van der Waals surface area (Å²) in [4.78, 5) is 8.41. The van der Waals surface area contributed by atoms with E-state index in [0.717, 1.165) is 5.69 Å². The van der Waals surface area contributed by atoms with Crippen LogP contribution in [0.15, 0.2) is 61.1 Å². The molecule has 4 aromatic rings. The van der Waals surface area contributed by atoms with Crippen molar-refractivity contribution in [1.82, 2.24) is 19.7 Å². The number of rotatable bonds is 3. The van der Waals surface area contributed by atoms with Gasteiger partial charge in [0.1, 0.15) is 23.3 Å². The minimum Gasteiger partial charge on any atom is -0.438 e. The zero-order valence-corrected chi connectivity index (χ0v) is 13.0. The van der Waals surface area contributed by atoms with Crippen LogP contribution in [0.3, 0.4) is 0 Å². The third-order valence-electron chi connectivity index (χ3n) is 3.41. The van der Waals surface area contributed by atoms with Gasteiger partial charge >= 0.3 is 0 Å². The maximum Gasteiger partial charge on any atom is 0.233 e. The molecule has 0 fully saturated rings. The van der Waals surface area contributed by atoms with Crippen LogP contribution in [0.25, 0.3) is 16.7 Å². The zero-order chi connectivity index (χ0) is 16.5. The fourth-order valence-electron chi connectivity index (χ4n) is 2.32. The molecule has 2 heterocycles. The first-order valence-corrected chi connectivity index (χ1v) is 7.46. The molecule has 0 unspecified atom stereocenters. The number of nitrogens with zero attached hydrogens (tertiary/aromatic N) is 4. The van der Waals surface area contributed by atoms with Crippen molar-refractivity contribution in [3.63, 3.8) is 0 Å². The number of halogens is 2. The average molecular weight is 341 g/mol. The number of ether oxygens (including phenoxy) is 1. The average Bonchev–Trinajstić information content (AvgIpc) is 3.02. The van der Waals surface area contributed by atoms with Gasteiger partial charge in [0.15, 0.2) is 5.65 Å². The van der Waals surface area contributed by atoms with Gasteiger partial charge in [0, 0.05) is 5.02 Å². The minimum atomic E-state index is -0.330. The lowest BCUT2D eigenvalue weighted by Gasteiger charge is -2.06. The molecule has 0 radical (unpaired) electrons. The summed E-state index contributed by atoms with van der Waals surface area (Å²) in [5.41, 5.74) is 1.37. The van der Waals surface area contributed by atoms with Crippen molar-refractivity contribution in [2.45, 2.75) is 0 Å². The molecule has 0 aliphatic carbocycles. The second-order valence-electron chi connectivity index (χ2n) is 5.01. The van der Waals surface area contributed by atoms with Crippen molar-refractivity contribution in [2.24, 2.45) is 0 Å². The van der Waals surface area contributed by atoms with Gasteiger partial charge in [-0.05, 0) is 42.5 Å². The summed E-state index contributed by atoms with van der Waals surface area (Å²) in [7, 11) is 0. The fraction of sp³-hybridized carbons (Fsp3) is 0. The molecule has 0 atom stereocenters. The Labute approximate surface area is 141 Å². The second kappa shape index (κ2) is 5.90. The van der Waals surface area contributed by atoms with Crippen LogP contribution in [0.2, 0.25) is 5.02 Å². The molecule has 0 aliphatic rings. The molecule has 2 aromatic heterocycles. The zero-order valence-electron chi connectivity index (χ0n) is 12.2. The Bertz CT molecular complexity index is 1020. The Hall–Kier alpha value is -2.99. The number of benzene rings is 2. The highest BCUT2D eigenvalue weighted by Crippen LogP contribution is 2.28. The van der Waals surface area contributed by atoms with E-state index in [0.29, 0.717) is 27.7 Å². The van der Waals surface area contributed by atoms with Crippen molar-refractivity contribution in [3.8, 4) is 17.3 Å². The highest BCUT2D eigenvalue weighted by molar-refractivity contribution is 6.30. The topological polar surface area (TPSA) is 52.8 Å². The van der Waals surface area contributed by atoms with Crippen LogP contribution < -0.4 is 4.74 Å². The maximum absolute atomic E-state index is 13.0. The van der Waals surface area contributed by atoms with Crippen molar-refractivity contribution in [2.75, 3.05) is 0 Å². The van der Waals surface area contributed by atoms with Gasteiger partial charge in [0.25, 0.3) is 0 Å². The number of hydrogen-bond donors (Lipinski definition) is 0. The van der Waals surface area contributed by atoms with Gasteiger partial charge < -0.3 is 4.74 Å². The molecular formula is C17H10ClFN4O. The van der Waals surface area contributed by atoms with Gasteiger partial charge in [0.05, 0.1) is 11.9 Å². The molecule has 0 amide bonds. The SMILES string of the molecule is Fc1ccc(Oc2ncnc3c2cnn3-c2cccc(Cl)c2)cc1. The minimum absolute atomic E-state index is 0.330. The van der Waals surface area contributed by atoms with E-state index in [-0.39, 0.29) is 5.82 Å². The van der Waals surface area contributed by atoms with Gasteiger partial charge in [-0.1, -0.05) is 17.7 Å². The quantitative estimate of drug-likeness (QED) is 0.554. The molecule has 0 N–H and O–H groups in total. The third kappa shape index (κ3) is 2.68. The molecule has 118 valence electrons. The Morgan fingerprint density at radius 2 is 1.88 bits per heavy atom. The molecule has 4 rings (SSSR count). The van der Waals surface area contributed by atoms with Gasteiger partial charge in [-0.2, -0.15) is 5.10 Å². The van der Waals surface area contributed by atoms with Crippen LogP contribution in [-0.2, 0) is 0 Å². The Balaban J connectivity index is 1.77. The van der Waals surface area contributed by atoms with E-state index < -0.39 is 0 Å². The number of aromatic nitrogens is 4. The maximum atomic E-state index is 13.0. The molecule has 5 nitrogen and oxygen atoms in total. The van der Waals surface area contributed by atoms with Crippen molar-refractivity contribution < 1.29 is 9.13 Å². The number of hydrogen-bond acceptors (Lipinski definition) is 4. The summed E-state index contributed by atoms with van der Waals surface area (Å²) in [5.74, 6) is 0.496. The predicted molar refractivity (Wildman–Crippen MR) is 88.1 cm³/mol. The van der Waals surface area contributed by atoms with E-state index in [4.69, 9.17) is 16.3 Å².